The Balaban J connectivity index is 2.11. The number of amides is 1. The number of methoxy groups -OCH3 is 1. The van der Waals surface area contributed by atoms with E-state index in [1.807, 2.05) is 52.8 Å². The van der Waals surface area contributed by atoms with Crippen molar-refractivity contribution in [1.82, 2.24) is 9.80 Å². The molecular formula is C41H64N2O11. The molecular weight excluding hydrogens is 696 g/mol. The summed E-state index contributed by atoms with van der Waals surface area (Å²) in [4.78, 5) is 43.5. The summed E-state index contributed by atoms with van der Waals surface area (Å²) in [7, 11) is 5.41. The average Bonchev–Trinajstić information content (AvgIpc) is 3.08. The molecule has 54 heavy (non-hydrogen) atoms. The lowest BCUT2D eigenvalue weighted by molar-refractivity contribution is -0.298. The molecule has 6 unspecified atom stereocenters. The van der Waals surface area contributed by atoms with Crippen LogP contribution in [-0.2, 0) is 38.0 Å². The number of esters is 2. The minimum Gasteiger partial charge on any atom is -0.456 e. The van der Waals surface area contributed by atoms with Crippen LogP contribution in [0.2, 0.25) is 0 Å². The largest absolute Gasteiger partial charge is 0.456 e. The highest BCUT2D eigenvalue weighted by Crippen LogP contribution is 2.41. The maximum atomic E-state index is 13.6. The molecule has 0 bridgehead atoms. The molecule has 2 aliphatic rings. The van der Waals surface area contributed by atoms with Gasteiger partial charge in [-0.3, -0.25) is 4.90 Å². The van der Waals surface area contributed by atoms with Crippen LogP contribution in [-0.4, -0.2) is 121 Å². The number of aliphatic hydroxyl groups is 1. The Morgan fingerprint density at radius 3 is 2.28 bits per heavy atom. The average molecular weight is 761 g/mol. The number of nitrogens with zero attached hydrogens (tertiary/aromatic N) is 2. The normalized spacial score (nSPS) is 25.0. The van der Waals surface area contributed by atoms with Gasteiger partial charge in [0, 0.05) is 33.4 Å². The minimum absolute atomic E-state index is 0.181. The first-order chi connectivity index (χ1) is 25.1. The SMILES string of the molecule is C=CC(CO)N(C[C@H](C)CC(C)(OC)[C@H](OC1OC(C)CC(N(C)C)C1OC(=O)c1ccccc1)[C@@H](C)C1=C(C)C(=O)OC(C)(C)O1)C(=O)OC(C)(C)C. The highest BCUT2D eigenvalue weighted by atomic mass is 16.7. The van der Waals surface area contributed by atoms with Crippen LogP contribution in [0, 0.1) is 11.8 Å². The van der Waals surface area contributed by atoms with Gasteiger partial charge in [0.15, 0.2) is 12.4 Å². The second-order valence-corrected chi connectivity index (χ2v) is 16.5. The molecule has 13 heteroatoms. The lowest BCUT2D eigenvalue weighted by atomic mass is 9.80. The third-order valence-electron chi connectivity index (χ3n) is 9.84. The lowest BCUT2D eigenvalue weighted by Crippen LogP contribution is -2.60. The summed E-state index contributed by atoms with van der Waals surface area (Å²) in [6.45, 7) is 21.6. The van der Waals surface area contributed by atoms with Crippen molar-refractivity contribution in [3.05, 3.63) is 59.9 Å². The maximum absolute atomic E-state index is 13.6. The zero-order chi connectivity index (χ0) is 40.8. The van der Waals surface area contributed by atoms with Crippen molar-refractivity contribution in [2.45, 2.75) is 136 Å². The molecule has 13 nitrogen and oxygen atoms in total. The molecule has 304 valence electrons. The fraction of sp³-hybridized carbons (Fsp3) is 0.683. The summed E-state index contributed by atoms with van der Waals surface area (Å²) < 4.78 is 43.7. The predicted molar refractivity (Wildman–Crippen MR) is 203 cm³/mol. The van der Waals surface area contributed by atoms with Crippen LogP contribution in [0.25, 0.3) is 0 Å². The molecule has 0 radical (unpaired) electrons. The molecule has 1 amide bonds. The Labute approximate surface area is 321 Å². The van der Waals surface area contributed by atoms with Gasteiger partial charge < -0.3 is 43.2 Å². The first-order valence-corrected chi connectivity index (χ1v) is 18.7. The van der Waals surface area contributed by atoms with Gasteiger partial charge in [-0.1, -0.05) is 38.1 Å². The van der Waals surface area contributed by atoms with Gasteiger partial charge in [-0.2, -0.15) is 0 Å². The quantitative estimate of drug-likeness (QED) is 0.118. The van der Waals surface area contributed by atoms with E-state index < -0.39 is 65.5 Å². The Hall–Kier alpha value is -3.49. The molecule has 0 saturated carbocycles. The summed E-state index contributed by atoms with van der Waals surface area (Å²) >= 11 is 0. The van der Waals surface area contributed by atoms with E-state index in [9.17, 15) is 19.5 Å². The highest BCUT2D eigenvalue weighted by molar-refractivity contribution is 5.90. The summed E-state index contributed by atoms with van der Waals surface area (Å²) in [5.41, 5.74) is -1.22. The molecule has 1 aromatic carbocycles. The van der Waals surface area contributed by atoms with Gasteiger partial charge in [-0.25, -0.2) is 14.4 Å². The number of benzene rings is 1. The predicted octanol–water partition coefficient (Wildman–Crippen LogP) is 6.10. The molecule has 1 N–H and O–H groups in total. The van der Waals surface area contributed by atoms with Gasteiger partial charge in [0.05, 0.1) is 47.6 Å². The number of likely N-dealkylation sites (N-methyl/N-ethyl adjacent to an activating group) is 1. The van der Waals surface area contributed by atoms with Gasteiger partial charge in [0.1, 0.15) is 11.4 Å². The van der Waals surface area contributed by atoms with Gasteiger partial charge in [-0.15, -0.1) is 6.58 Å². The van der Waals surface area contributed by atoms with Crippen molar-refractivity contribution in [2.24, 2.45) is 11.8 Å². The fourth-order valence-electron chi connectivity index (χ4n) is 7.18. The van der Waals surface area contributed by atoms with E-state index in [1.165, 1.54) is 11.0 Å². The Bertz CT molecular complexity index is 1470. The molecule has 3 rings (SSSR count). The van der Waals surface area contributed by atoms with Gasteiger partial charge in [0.2, 0.25) is 5.79 Å². The molecule has 0 aliphatic carbocycles. The zero-order valence-electron chi connectivity index (χ0n) is 34.5. The van der Waals surface area contributed by atoms with E-state index in [2.05, 4.69) is 6.58 Å². The summed E-state index contributed by atoms with van der Waals surface area (Å²) in [5, 5.41) is 10.2. The van der Waals surface area contributed by atoms with Crippen LogP contribution >= 0.6 is 0 Å². The summed E-state index contributed by atoms with van der Waals surface area (Å²) in [6, 6.07) is 7.77. The standard InChI is InChI=1S/C41H64N2O11/c1-15-30(24-44)43(38(47)54-39(6,7)8)23-25(2)22-41(11,48-14)34(27(4)32-28(5)35(45)53-40(9,10)52-32)51-37-33(31(42(12)13)21-26(3)49-37)50-36(46)29-19-17-16-18-20-29/h15-20,25-27,30-31,33-34,37,44H,1,21-24H2,2-14H3/t25-,26?,27+,30?,31?,33?,34-,37?,41?/m1/s1. The highest BCUT2D eigenvalue weighted by Gasteiger charge is 2.50. The van der Waals surface area contributed by atoms with Gasteiger partial charge in [0.25, 0.3) is 0 Å². The van der Waals surface area contributed by atoms with Crippen LogP contribution in [0.5, 0.6) is 0 Å². The first-order valence-electron chi connectivity index (χ1n) is 18.7. The third-order valence-corrected chi connectivity index (χ3v) is 9.84. The van der Waals surface area contributed by atoms with Crippen LogP contribution < -0.4 is 0 Å². The van der Waals surface area contributed by atoms with E-state index >= 15 is 0 Å². The van der Waals surface area contributed by atoms with Crippen molar-refractivity contribution in [3.8, 4) is 0 Å². The van der Waals surface area contributed by atoms with Crippen molar-refractivity contribution < 1.29 is 52.6 Å². The number of carbonyl (C=O) groups excluding carboxylic acids is 3. The van der Waals surface area contributed by atoms with Crippen molar-refractivity contribution in [3.63, 3.8) is 0 Å². The van der Waals surface area contributed by atoms with E-state index in [0.717, 1.165) is 0 Å². The monoisotopic (exact) mass is 760 g/mol. The molecule has 9 atom stereocenters. The Morgan fingerprint density at radius 2 is 1.74 bits per heavy atom. The topological polar surface area (TPSA) is 143 Å². The first kappa shape index (κ1) is 44.9. The smallest absolute Gasteiger partial charge is 0.410 e. The number of carbonyl (C=O) groups is 3. The van der Waals surface area contributed by atoms with E-state index in [0.29, 0.717) is 24.2 Å². The van der Waals surface area contributed by atoms with E-state index in [1.54, 1.807) is 72.9 Å². The van der Waals surface area contributed by atoms with Crippen LogP contribution in [0.1, 0.15) is 92.4 Å². The number of rotatable bonds is 16. The van der Waals surface area contributed by atoms with E-state index in [-0.39, 0.29) is 36.8 Å². The van der Waals surface area contributed by atoms with Crippen LogP contribution in [0.15, 0.2) is 54.3 Å². The van der Waals surface area contributed by atoms with E-state index in [4.69, 9.17) is 33.2 Å². The van der Waals surface area contributed by atoms with Crippen LogP contribution in [0.4, 0.5) is 4.79 Å². The van der Waals surface area contributed by atoms with Crippen molar-refractivity contribution in [2.75, 3.05) is 34.4 Å². The number of hydrogen-bond acceptors (Lipinski definition) is 12. The molecule has 0 aromatic heterocycles. The van der Waals surface area contributed by atoms with Crippen molar-refractivity contribution in [1.29, 1.82) is 0 Å². The molecule has 2 aliphatic heterocycles. The molecule has 0 spiro atoms. The fourth-order valence-corrected chi connectivity index (χ4v) is 7.18. The second-order valence-electron chi connectivity index (χ2n) is 16.5. The third kappa shape index (κ3) is 11.5. The number of hydrogen-bond donors (Lipinski definition) is 1. The van der Waals surface area contributed by atoms with Crippen molar-refractivity contribution >= 4 is 18.0 Å². The Morgan fingerprint density at radius 1 is 1.11 bits per heavy atom. The van der Waals surface area contributed by atoms with Gasteiger partial charge in [-0.05, 0) is 86.5 Å². The Kier molecular flexibility index (Phi) is 15.3. The second kappa shape index (κ2) is 18.4. The lowest BCUT2D eigenvalue weighted by Gasteiger charge is -2.48. The number of aliphatic hydroxyl groups excluding tert-OH is 1. The minimum atomic E-state index is -1.25. The number of cyclic esters (lactones) is 1. The van der Waals surface area contributed by atoms with Gasteiger partial charge >= 0.3 is 18.0 Å². The molecule has 2 heterocycles. The molecule has 1 saturated heterocycles. The molecule has 1 aromatic rings. The molecule has 1 fully saturated rings. The summed E-state index contributed by atoms with van der Waals surface area (Å²) in [5.74, 6) is -2.81. The number of ether oxygens (including phenoxy) is 7. The zero-order valence-corrected chi connectivity index (χ0v) is 34.5. The van der Waals surface area contributed by atoms with Crippen LogP contribution in [0.3, 0.4) is 0 Å². The summed E-state index contributed by atoms with van der Waals surface area (Å²) in [6.07, 6.45) is -1.26. The maximum Gasteiger partial charge on any atom is 0.410 e.